The van der Waals surface area contributed by atoms with E-state index in [4.69, 9.17) is 9.47 Å². The lowest BCUT2D eigenvalue weighted by Gasteiger charge is -2.34. The molecule has 5 nitrogen and oxygen atoms in total. The minimum atomic E-state index is 0.283. The van der Waals surface area contributed by atoms with Crippen LogP contribution in [0.5, 0.6) is 11.5 Å². The van der Waals surface area contributed by atoms with E-state index in [1.165, 1.54) is 25.7 Å². The van der Waals surface area contributed by atoms with Gasteiger partial charge in [0.15, 0.2) is 0 Å². The molecule has 0 aromatic heterocycles. The fraction of sp³-hybridized carbons (Fsp3) is 0.667. The van der Waals surface area contributed by atoms with Crippen LogP contribution in [0.1, 0.15) is 38.5 Å². The second kappa shape index (κ2) is 7.37. The van der Waals surface area contributed by atoms with Gasteiger partial charge in [0.05, 0.1) is 14.2 Å². The lowest BCUT2D eigenvalue weighted by molar-refractivity contribution is -0.134. The van der Waals surface area contributed by atoms with Crippen molar-refractivity contribution in [3.63, 3.8) is 0 Å². The van der Waals surface area contributed by atoms with E-state index in [0.29, 0.717) is 23.7 Å². The van der Waals surface area contributed by atoms with Crippen molar-refractivity contribution in [3.05, 3.63) is 18.2 Å². The van der Waals surface area contributed by atoms with E-state index in [0.717, 1.165) is 43.1 Å². The number of methoxy groups -OCH3 is 2. The Hall–Kier alpha value is -1.91. The number of fused-ring (bicyclic) bond motifs is 1. The molecule has 2 aliphatic carbocycles. The molecule has 0 bridgehead atoms. The van der Waals surface area contributed by atoms with Crippen molar-refractivity contribution in [1.29, 1.82) is 0 Å². The molecule has 1 saturated heterocycles. The van der Waals surface area contributed by atoms with Crippen LogP contribution in [0.4, 0.5) is 5.69 Å². The van der Waals surface area contributed by atoms with Crippen LogP contribution >= 0.6 is 0 Å². The topological polar surface area (TPSA) is 50.8 Å². The summed E-state index contributed by atoms with van der Waals surface area (Å²) in [4.78, 5) is 15.1. The van der Waals surface area contributed by atoms with Crippen LogP contribution in [-0.2, 0) is 4.79 Å². The van der Waals surface area contributed by atoms with Crippen molar-refractivity contribution >= 4 is 11.6 Å². The normalized spacial score (nSPS) is 30.3. The molecular weight excluding hydrogens is 328 g/mol. The van der Waals surface area contributed by atoms with E-state index in [1.54, 1.807) is 14.2 Å². The highest BCUT2D eigenvalue weighted by Crippen LogP contribution is 2.56. The monoisotopic (exact) mass is 358 g/mol. The van der Waals surface area contributed by atoms with E-state index >= 15 is 0 Å². The average Bonchev–Trinajstić information content (AvgIpc) is 3.41. The van der Waals surface area contributed by atoms with E-state index < -0.39 is 0 Å². The molecule has 2 saturated carbocycles. The molecule has 0 unspecified atom stereocenters. The molecule has 1 aromatic carbocycles. The van der Waals surface area contributed by atoms with Crippen molar-refractivity contribution in [2.45, 2.75) is 44.6 Å². The van der Waals surface area contributed by atoms with E-state index in [2.05, 4.69) is 10.2 Å². The lowest BCUT2D eigenvalue weighted by Crippen LogP contribution is -2.46. The molecule has 142 valence electrons. The van der Waals surface area contributed by atoms with E-state index in [-0.39, 0.29) is 6.04 Å². The molecular formula is C21H30N2O3. The molecule has 0 spiro atoms. The molecule has 0 radical (unpaired) electrons. The summed E-state index contributed by atoms with van der Waals surface area (Å²) < 4.78 is 10.7. The highest BCUT2D eigenvalue weighted by molar-refractivity contribution is 5.82. The van der Waals surface area contributed by atoms with Crippen LogP contribution < -0.4 is 14.8 Å². The number of nitrogens with one attached hydrogen (secondary N) is 1. The Labute approximate surface area is 156 Å². The van der Waals surface area contributed by atoms with E-state index in [1.807, 2.05) is 18.2 Å². The highest BCUT2D eigenvalue weighted by Gasteiger charge is 2.55. The van der Waals surface area contributed by atoms with Gasteiger partial charge in [0.2, 0.25) is 5.91 Å². The number of likely N-dealkylation sites (tertiary alicyclic amines) is 1. The largest absolute Gasteiger partial charge is 0.497 e. The summed E-state index contributed by atoms with van der Waals surface area (Å²) in [5.74, 6) is 3.67. The summed E-state index contributed by atoms with van der Waals surface area (Å²) in [5.41, 5.74) is 0.987. The van der Waals surface area contributed by atoms with Gasteiger partial charge in [0.1, 0.15) is 11.5 Å². The third-order valence-corrected chi connectivity index (χ3v) is 6.40. The van der Waals surface area contributed by atoms with Crippen LogP contribution in [0.2, 0.25) is 0 Å². The SMILES string of the molecule is COc1cc(N[C@@H]2CCCN(C(=O)C3[C@H]4CCCC[C@H]34)C2)cc(OC)c1. The lowest BCUT2D eigenvalue weighted by atomic mass is 10.0. The van der Waals surface area contributed by atoms with Gasteiger partial charge < -0.3 is 19.7 Å². The van der Waals surface area contributed by atoms with Crippen LogP contribution in [0.25, 0.3) is 0 Å². The summed E-state index contributed by atoms with van der Waals surface area (Å²) in [5, 5.41) is 3.58. The van der Waals surface area contributed by atoms with Crippen LogP contribution in [-0.4, -0.2) is 44.2 Å². The maximum Gasteiger partial charge on any atom is 0.226 e. The summed E-state index contributed by atoms with van der Waals surface area (Å²) in [7, 11) is 3.32. The number of carbonyl (C=O) groups excluding carboxylic acids is 1. The highest BCUT2D eigenvalue weighted by atomic mass is 16.5. The number of hydrogen-bond acceptors (Lipinski definition) is 4. The number of anilines is 1. The van der Waals surface area contributed by atoms with Crippen molar-refractivity contribution in [2.24, 2.45) is 17.8 Å². The van der Waals surface area contributed by atoms with E-state index in [9.17, 15) is 4.79 Å². The zero-order valence-electron chi connectivity index (χ0n) is 15.9. The smallest absolute Gasteiger partial charge is 0.226 e. The number of ether oxygens (including phenoxy) is 2. The predicted octanol–water partition coefficient (Wildman–Crippen LogP) is 3.54. The number of benzene rings is 1. The first-order chi connectivity index (χ1) is 12.7. The molecule has 1 amide bonds. The Balaban J connectivity index is 1.39. The first-order valence-corrected chi connectivity index (χ1v) is 9.98. The van der Waals surface area contributed by atoms with Crippen LogP contribution in [0.3, 0.4) is 0 Å². The average molecular weight is 358 g/mol. The fourth-order valence-corrected chi connectivity index (χ4v) is 4.99. The Morgan fingerprint density at radius 1 is 1.00 bits per heavy atom. The minimum absolute atomic E-state index is 0.283. The Bertz CT molecular complexity index is 628. The van der Waals surface area contributed by atoms with Gasteiger partial charge >= 0.3 is 0 Å². The minimum Gasteiger partial charge on any atom is -0.497 e. The van der Waals surface area contributed by atoms with Crippen LogP contribution in [0, 0.1) is 17.8 Å². The molecule has 1 aliphatic heterocycles. The molecule has 3 atom stereocenters. The summed E-state index contributed by atoms with van der Waals surface area (Å²) in [6.07, 6.45) is 7.30. The van der Waals surface area contributed by atoms with Crippen molar-refractivity contribution < 1.29 is 14.3 Å². The van der Waals surface area contributed by atoms with Gasteiger partial charge in [-0.05, 0) is 37.5 Å². The van der Waals surface area contributed by atoms with Gasteiger partial charge in [-0.2, -0.15) is 0 Å². The summed E-state index contributed by atoms with van der Waals surface area (Å²) in [6, 6.07) is 6.12. The summed E-state index contributed by atoms with van der Waals surface area (Å²) in [6.45, 7) is 1.71. The van der Waals surface area contributed by atoms with Gasteiger partial charge in [-0.1, -0.05) is 12.8 Å². The van der Waals surface area contributed by atoms with Crippen molar-refractivity contribution in [2.75, 3.05) is 32.6 Å². The van der Waals surface area contributed by atoms with Crippen molar-refractivity contribution in [3.8, 4) is 11.5 Å². The fourth-order valence-electron chi connectivity index (χ4n) is 4.99. The predicted molar refractivity (Wildman–Crippen MR) is 102 cm³/mol. The zero-order chi connectivity index (χ0) is 18.1. The number of nitrogens with zero attached hydrogens (tertiary/aromatic N) is 1. The standard InChI is InChI=1S/C21H30N2O3/c1-25-16-10-15(11-17(12-16)26-2)22-14-6-5-9-23(13-14)21(24)20-18-7-3-4-8-19(18)20/h10-12,14,18-20,22H,3-9,13H2,1-2H3/t14-,18+,19+/m1/s1. The number of amides is 1. The van der Waals surface area contributed by atoms with Gasteiger partial charge in [-0.3, -0.25) is 4.79 Å². The second-order valence-corrected chi connectivity index (χ2v) is 8.01. The Kier molecular flexibility index (Phi) is 4.96. The molecule has 26 heavy (non-hydrogen) atoms. The zero-order valence-corrected chi connectivity index (χ0v) is 15.9. The Morgan fingerprint density at radius 3 is 2.27 bits per heavy atom. The van der Waals surface area contributed by atoms with Gasteiger partial charge in [0, 0.05) is 48.9 Å². The summed E-state index contributed by atoms with van der Waals surface area (Å²) >= 11 is 0. The van der Waals surface area contributed by atoms with Crippen molar-refractivity contribution in [1.82, 2.24) is 4.90 Å². The van der Waals surface area contributed by atoms with Crippen LogP contribution in [0.15, 0.2) is 18.2 Å². The maximum atomic E-state index is 13.0. The molecule has 5 heteroatoms. The molecule has 4 rings (SSSR count). The maximum absolute atomic E-state index is 13.0. The second-order valence-electron chi connectivity index (χ2n) is 8.01. The third-order valence-electron chi connectivity index (χ3n) is 6.40. The third kappa shape index (κ3) is 3.49. The number of piperidine rings is 1. The Morgan fingerprint density at radius 2 is 1.65 bits per heavy atom. The molecule has 1 aromatic rings. The first kappa shape index (κ1) is 17.5. The molecule has 3 aliphatic rings. The molecule has 1 heterocycles. The number of carbonyl (C=O) groups is 1. The van der Waals surface area contributed by atoms with Gasteiger partial charge in [-0.25, -0.2) is 0 Å². The number of hydrogen-bond donors (Lipinski definition) is 1. The number of rotatable bonds is 5. The first-order valence-electron chi connectivity index (χ1n) is 9.98. The molecule has 1 N–H and O–H groups in total. The molecule has 3 fully saturated rings. The quantitative estimate of drug-likeness (QED) is 0.875. The van der Waals surface area contributed by atoms with Gasteiger partial charge in [0.25, 0.3) is 0 Å². The van der Waals surface area contributed by atoms with Gasteiger partial charge in [-0.15, -0.1) is 0 Å².